The van der Waals surface area contributed by atoms with Gasteiger partial charge in [0.05, 0.1) is 0 Å². The molecule has 0 unspecified atom stereocenters. The van der Waals surface area contributed by atoms with Gasteiger partial charge in [-0.1, -0.05) is 6.92 Å². The van der Waals surface area contributed by atoms with Gasteiger partial charge in [0.25, 0.3) is 0 Å². The second kappa shape index (κ2) is 4.71. The van der Waals surface area contributed by atoms with Crippen molar-refractivity contribution in [3.63, 3.8) is 0 Å². The molecule has 2 aliphatic carbocycles. The van der Waals surface area contributed by atoms with E-state index in [1.165, 1.54) is 13.8 Å². The molecule has 5 heteroatoms. The van der Waals surface area contributed by atoms with Crippen molar-refractivity contribution in [3.05, 3.63) is 0 Å². The van der Waals surface area contributed by atoms with Crippen LogP contribution in [0, 0.1) is 17.8 Å². The molecule has 0 aromatic carbocycles. The number of Topliss-reactive ketones (excluding diaryl/α,β-unsaturated/α-hetero) is 1. The lowest BCUT2D eigenvalue weighted by atomic mass is 9.91. The van der Waals surface area contributed by atoms with Gasteiger partial charge in [0.1, 0.15) is 18.0 Å². The second-order valence-corrected chi connectivity index (χ2v) is 5.25. The molecule has 0 aliphatic heterocycles. The van der Waals surface area contributed by atoms with Crippen molar-refractivity contribution >= 4 is 17.7 Å². The fourth-order valence-corrected chi connectivity index (χ4v) is 3.35. The minimum atomic E-state index is -0.474. The van der Waals surface area contributed by atoms with E-state index in [9.17, 15) is 14.4 Å². The van der Waals surface area contributed by atoms with E-state index in [0.29, 0.717) is 12.8 Å². The Bertz CT molecular complexity index is 389. The van der Waals surface area contributed by atoms with Crippen molar-refractivity contribution in [2.75, 3.05) is 0 Å². The average molecular weight is 254 g/mol. The molecule has 100 valence electrons. The van der Waals surface area contributed by atoms with Crippen molar-refractivity contribution in [3.8, 4) is 0 Å². The van der Waals surface area contributed by atoms with Crippen LogP contribution < -0.4 is 0 Å². The van der Waals surface area contributed by atoms with Crippen LogP contribution in [-0.4, -0.2) is 29.9 Å². The molecule has 0 heterocycles. The van der Waals surface area contributed by atoms with E-state index < -0.39 is 18.2 Å². The Kier molecular flexibility index (Phi) is 3.41. The summed E-state index contributed by atoms with van der Waals surface area (Å²) in [6.45, 7) is 4.53. The fraction of sp³-hybridized carbons (Fsp3) is 0.769. The van der Waals surface area contributed by atoms with Crippen LogP contribution in [0.4, 0.5) is 0 Å². The highest BCUT2D eigenvalue weighted by Gasteiger charge is 2.55. The molecule has 5 nitrogen and oxygen atoms in total. The van der Waals surface area contributed by atoms with Gasteiger partial charge in [0, 0.05) is 32.1 Å². The average Bonchev–Trinajstić information content (AvgIpc) is 2.66. The van der Waals surface area contributed by atoms with Crippen molar-refractivity contribution in [2.24, 2.45) is 17.8 Å². The third-order valence-corrected chi connectivity index (χ3v) is 3.99. The van der Waals surface area contributed by atoms with E-state index in [1.807, 2.05) is 6.92 Å². The molecule has 0 amide bonds. The summed E-state index contributed by atoms with van der Waals surface area (Å²) in [5.74, 6) is -0.532. The van der Waals surface area contributed by atoms with Gasteiger partial charge in [-0.2, -0.15) is 0 Å². The second-order valence-electron chi connectivity index (χ2n) is 5.25. The standard InChI is InChI=1S/C13H18O5/c1-6-10(16)4-9-5-11(17-7(2)14)13(12(6)9)18-8(3)15/h6,9,11-13H,4-5H2,1-3H3/t6-,9+,11+,12+,13-/m1/s1. The molecule has 2 fully saturated rings. The zero-order chi connectivity index (χ0) is 13.4. The SMILES string of the molecule is CC(=O)O[C@H]1[C@@H]2[C@@H](CC(=O)[C@H]2C)C[C@@H]1OC(C)=O. The Morgan fingerprint density at radius 3 is 2.33 bits per heavy atom. The molecule has 18 heavy (non-hydrogen) atoms. The molecule has 0 aromatic heterocycles. The summed E-state index contributed by atoms with van der Waals surface area (Å²) in [6.07, 6.45) is 0.231. The summed E-state index contributed by atoms with van der Waals surface area (Å²) >= 11 is 0. The molecular weight excluding hydrogens is 236 g/mol. The van der Waals surface area contributed by atoms with Crippen molar-refractivity contribution in [1.29, 1.82) is 0 Å². The van der Waals surface area contributed by atoms with Gasteiger partial charge in [0.15, 0.2) is 0 Å². The lowest BCUT2D eigenvalue weighted by molar-refractivity contribution is -0.166. The lowest BCUT2D eigenvalue weighted by Gasteiger charge is -2.25. The van der Waals surface area contributed by atoms with Crippen LogP contribution in [0.25, 0.3) is 0 Å². The van der Waals surface area contributed by atoms with Gasteiger partial charge in [-0.05, 0) is 12.3 Å². The van der Waals surface area contributed by atoms with E-state index in [0.717, 1.165) is 0 Å². The van der Waals surface area contributed by atoms with Crippen molar-refractivity contribution in [2.45, 2.75) is 45.8 Å². The Morgan fingerprint density at radius 2 is 1.78 bits per heavy atom. The number of rotatable bonds is 2. The first-order valence-electron chi connectivity index (χ1n) is 6.27. The van der Waals surface area contributed by atoms with E-state index >= 15 is 0 Å². The number of ether oxygens (including phenoxy) is 2. The number of hydrogen-bond acceptors (Lipinski definition) is 5. The van der Waals surface area contributed by atoms with Gasteiger partial charge in [-0.3, -0.25) is 14.4 Å². The van der Waals surface area contributed by atoms with Gasteiger partial charge in [-0.25, -0.2) is 0 Å². The molecule has 5 atom stereocenters. The first-order chi connectivity index (χ1) is 8.40. The maximum atomic E-state index is 11.7. The van der Waals surface area contributed by atoms with Gasteiger partial charge in [0.2, 0.25) is 0 Å². The summed E-state index contributed by atoms with van der Waals surface area (Å²) in [5, 5.41) is 0. The Morgan fingerprint density at radius 1 is 1.17 bits per heavy atom. The molecule has 0 N–H and O–H groups in total. The molecule has 0 radical (unpaired) electrons. The van der Waals surface area contributed by atoms with Crippen LogP contribution in [0.3, 0.4) is 0 Å². The Hall–Kier alpha value is -1.39. The summed E-state index contributed by atoms with van der Waals surface area (Å²) in [6, 6.07) is 0. The lowest BCUT2D eigenvalue weighted by Crippen LogP contribution is -2.36. The van der Waals surface area contributed by atoms with Gasteiger partial charge < -0.3 is 9.47 Å². The van der Waals surface area contributed by atoms with Crippen LogP contribution in [-0.2, 0) is 23.9 Å². The van der Waals surface area contributed by atoms with E-state index in [1.54, 1.807) is 0 Å². The summed E-state index contributed by atoms with van der Waals surface area (Å²) in [4.78, 5) is 33.9. The maximum absolute atomic E-state index is 11.7. The number of carbonyl (C=O) groups is 3. The number of hydrogen-bond donors (Lipinski definition) is 0. The number of fused-ring (bicyclic) bond motifs is 1. The molecule has 2 rings (SSSR count). The molecule has 0 saturated heterocycles. The minimum Gasteiger partial charge on any atom is -0.459 e. The van der Waals surface area contributed by atoms with Crippen LogP contribution in [0.15, 0.2) is 0 Å². The molecular formula is C13H18O5. The van der Waals surface area contributed by atoms with Crippen LogP contribution in [0.5, 0.6) is 0 Å². The van der Waals surface area contributed by atoms with Gasteiger partial charge in [-0.15, -0.1) is 0 Å². The highest BCUT2D eigenvalue weighted by Crippen LogP contribution is 2.48. The van der Waals surface area contributed by atoms with Crippen LogP contribution >= 0.6 is 0 Å². The third kappa shape index (κ3) is 2.26. The van der Waals surface area contributed by atoms with Gasteiger partial charge >= 0.3 is 11.9 Å². The zero-order valence-corrected chi connectivity index (χ0v) is 10.8. The monoisotopic (exact) mass is 254 g/mol. The largest absolute Gasteiger partial charge is 0.459 e. The smallest absolute Gasteiger partial charge is 0.303 e. The van der Waals surface area contributed by atoms with Crippen LogP contribution in [0.2, 0.25) is 0 Å². The predicted molar refractivity (Wildman–Crippen MR) is 61.5 cm³/mol. The molecule has 0 bridgehead atoms. The predicted octanol–water partition coefficient (Wildman–Crippen LogP) is 1.09. The molecule has 2 saturated carbocycles. The summed E-state index contributed by atoms with van der Waals surface area (Å²) < 4.78 is 10.5. The summed E-state index contributed by atoms with van der Waals surface area (Å²) in [7, 11) is 0. The number of ketones is 1. The van der Waals surface area contributed by atoms with E-state index in [2.05, 4.69) is 0 Å². The van der Waals surface area contributed by atoms with E-state index in [4.69, 9.17) is 9.47 Å². The molecule has 0 spiro atoms. The Labute approximate surface area is 106 Å². The zero-order valence-electron chi connectivity index (χ0n) is 10.8. The minimum absolute atomic E-state index is 0.00856. The third-order valence-electron chi connectivity index (χ3n) is 3.99. The highest BCUT2D eigenvalue weighted by molar-refractivity contribution is 5.84. The van der Waals surface area contributed by atoms with Crippen molar-refractivity contribution < 1.29 is 23.9 Å². The normalized spacial score (nSPS) is 38.4. The number of esters is 2. The molecule has 0 aromatic rings. The topological polar surface area (TPSA) is 69.7 Å². The number of carbonyl (C=O) groups excluding carboxylic acids is 3. The quantitative estimate of drug-likeness (QED) is 0.690. The van der Waals surface area contributed by atoms with E-state index in [-0.39, 0.29) is 29.5 Å². The fourth-order valence-electron chi connectivity index (χ4n) is 3.35. The van der Waals surface area contributed by atoms with Crippen molar-refractivity contribution in [1.82, 2.24) is 0 Å². The maximum Gasteiger partial charge on any atom is 0.303 e. The Balaban J connectivity index is 2.18. The summed E-state index contributed by atoms with van der Waals surface area (Å²) in [5.41, 5.74) is 0. The first kappa shape index (κ1) is 13.1. The highest BCUT2D eigenvalue weighted by atomic mass is 16.6. The van der Waals surface area contributed by atoms with Crippen LogP contribution in [0.1, 0.15) is 33.6 Å². The molecule has 2 aliphatic rings. The first-order valence-corrected chi connectivity index (χ1v) is 6.27.